The quantitative estimate of drug-likeness (QED) is 0.792. The molecule has 2 heterocycles. The average Bonchev–Trinajstić information content (AvgIpc) is 2.66. The summed E-state index contributed by atoms with van der Waals surface area (Å²) in [6.45, 7) is 2.10. The van der Waals surface area contributed by atoms with Crippen LogP contribution in [0.15, 0.2) is 10.7 Å². The summed E-state index contributed by atoms with van der Waals surface area (Å²) in [5.41, 5.74) is 0.511. The predicted octanol–water partition coefficient (Wildman–Crippen LogP) is 0.844. The lowest BCUT2D eigenvalue weighted by Crippen LogP contribution is -2.28. The minimum atomic E-state index is -0.873. The second-order valence-electron chi connectivity index (χ2n) is 4.20. The van der Waals surface area contributed by atoms with Crippen molar-refractivity contribution in [1.29, 1.82) is 0 Å². The Balaban J connectivity index is 1.88. The maximum absolute atomic E-state index is 10.5. The molecule has 0 spiro atoms. The lowest BCUT2D eigenvalue weighted by Gasteiger charge is -2.20. The third-order valence-electron chi connectivity index (χ3n) is 2.85. The molecule has 0 unspecified atom stereocenters. The highest BCUT2D eigenvalue weighted by Gasteiger charge is 2.16. The van der Waals surface area contributed by atoms with Gasteiger partial charge in [0.1, 0.15) is 6.26 Å². The van der Waals surface area contributed by atoms with Gasteiger partial charge in [0.25, 0.3) is 0 Å². The molecule has 0 amide bonds. The highest BCUT2D eigenvalue weighted by molar-refractivity contribution is 5.69. The van der Waals surface area contributed by atoms with Crippen molar-refractivity contribution in [2.24, 2.45) is 5.92 Å². The maximum atomic E-state index is 10.5. The van der Waals surface area contributed by atoms with Crippen LogP contribution in [0.2, 0.25) is 0 Å². The van der Waals surface area contributed by atoms with Crippen LogP contribution in [0.5, 0.6) is 0 Å². The van der Waals surface area contributed by atoms with Crippen LogP contribution in [-0.4, -0.2) is 29.1 Å². The Morgan fingerprint density at radius 3 is 3.00 bits per heavy atom. The fourth-order valence-electron chi connectivity index (χ4n) is 2.01. The van der Waals surface area contributed by atoms with E-state index in [1.54, 1.807) is 0 Å². The van der Waals surface area contributed by atoms with E-state index in [2.05, 4.69) is 10.3 Å². The van der Waals surface area contributed by atoms with Gasteiger partial charge < -0.3 is 14.8 Å². The van der Waals surface area contributed by atoms with Crippen LogP contribution < -0.4 is 5.32 Å². The van der Waals surface area contributed by atoms with Crippen molar-refractivity contribution < 1.29 is 14.3 Å². The predicted molar refractivity (Wildman–Crippen MR) is 57.1 cm³/mol. The van der Waals surface area contributed by atoms with Gasteiger partial charge in [-0.25, -0.2) is 4.98 Å². The molecule has 1 saturated heterocycles. The number of rotatable bonds is 4. The van der Waals surface area contributed by atoms with Crippen LogP contribution in [0.3, 0.4) is 0 Å². The number of carboxylic acid groups (broad SMARTS) is 1. The number of piperidine rings is 1. The van der Waals surface area contributed by atoms with Gasteiger partial charge in [0.05, 0.1) is 12.1 Å². The van der Waals surface area contributed by atoms with Gasteiger partial charge in [-0.15, -0.1) is 0 Å². The summed E-state index contributed by atoms with van der Waals surface area (Å²) < 4.78 is 5.27. The molecule has 1 aliphatic heterocycles. The number of oxazole rings is 1. The van der Waals surface area contributed by atoms with Crippen molar-refractivity contribution in [2.75, 3.05) is 13.1 Å². The molecule has 1 aliphatic rings. The number of aromatic nitrogens is 1. The number of hydrogen-bond donors (Lipinski definition) is 2. The zero-order valence-electron chi connectivity index (χ0n) is 9.11. The molecule has 0 bridgehead atoms. The van der Waals surface area contributed by atoms with E-state index in [0.717, 1.165) is 32.4 Å². The van der Waals surface area contributed by atoms with Crippen molar-refractivity contribution in [2.45, 2.75) is 25.7 Å². The van der Waals surface area contributed by atoms with E-state index in [1.165, 1.54) is 6.26 Å². The van der Waals surface area contributed by atoms with Crippen LogP contribution in [0.1, 0.15) is 24.4 Å². The fourth-order valence-corrected chi connectivity index (χ4v) is 2.01. The molecule has 0 aromatic carbocycles. The van der Waals surface area contributed by atoms with E-state index in [0.29, 0.717) is 17.5 Å². The molecule has 16 heavy (non-hydrogen) atoms. The molecular weight excluding hydrogens is 208 g/mol. The molecule has 1 fully saturated rings. The zero-order valence-corrected chi connectivity index (χ0v) is 9.11. The van der Waals surface area contributed by atoms with E-state index in [-0.39, 0.29) is 6.42 Å². The Kier molecular flexibility index (Phi) is 3.56. The Morgan fingerprint density at radius 1 is 1.56 bits per heavy atom. The summed E-state index contributed by atoms with van der Waals surface area (Å²) >= 11 is 0. The monoisotopic (exact) mass is 224 g/mol. The second kappa shape index (κ2) is 5.12. The molecule has 2 rings (SSSR count). The second-order valence-corrected chi connectivity index (χ2v) is 4.20. The Morgan fingerprint density at radius 2 is 2.31 bits per heavy atom. The lowest BCUT2D eigenvalue weighted by molar-refractivity contribution is -0.136. The van der Waals surface area contributed by atoms with Gasteiger partial charge in [0.15, 0.2) is 5.89 Å². The number of carboxylic acids is 1. The molecule has 1 aromatic heterocycles. The fraction of sp³-hybridized carbons (Fsp3) is 0.636. The number of carbonyl (C=O) groups is 1. The number of nitrogens with zero attached hydrogens (tertiary/aromatic N) is 1. The smallest absolute Gasteiger partial charge is 0.309 e. The first-order chi connectivity index (χ1) is 7.74. The summed E-state index contributed by atoms with van der Waals surface area (Å²) in [7, 11) is 0. The zero-order chi connectivity index (χ0) is 11.4. The van der Waals surface area contributed by atoms with Gasteiger partial charge in [-0.1, -0.05) is 0 Å². The van der Waals surface area contributed by atoms with Crippen LogP contribution in [0.4, 0.5) is 0 Å². The molecule has 88 valence electrons. The van der Waals surface area contributed by atoms with E-state index >= 15 is 0 Å². The van der Waals surface area contributed by atoms with Crippen molar-refractivity contribution in [1.82, 2.24) is 10.3 Å². The summed E-state index contributed by atoms with van der Waals surface area (Å²) in [4.78, 5) is 14.7. The van der Waals surface area contributed by atoms with E-state index < -0.39 is 5.97 Å². The number of aliphatic carboxylic acids is 1. The van der Waals surface area contributed by atoms with Crippen molar-refractivity contribution >= 4 is 5.97 Å². The topological polar surface area (TPSA) is 75.4 Å². The molecule has 0 atom stereocenters. The Bertz CT molecular complexity index is 356. The number of hydrogen-bond acceptors (Lipinski definition) is 4. The van der Waals surface area contributed by atoms with Crippen LogP contribution in [-0.2, 0) is 17.6 Å². The average molecular weight is 224 g/mol. The van der Waals surface area contributed by atoms with Gasteiger partial charge in [0.2, 0.25) is 0 Å². The van der Waals surface area contributed by atoms with Gasteiger partial charge in [0, 0.05) is 6.42 Å². The minimum absolute atomic E-state index is 0.0598. The molecule has 0 radical (unpaired) electrons. The van der Waals surface area contributed by atoms with Crippen molar-refractivity contribution in [3.05, 3.63) is 17.8 Å². The summed E-state index contributed by atoms with van der Waals surface area (Å²) in [5.74, 6) is 0.405. The Labute approximate surface area is 93.9 Å². The molecule has 0 saturated carbocycles. The first-order valence-electron chi connectivity index (χ1n) is 5.60. The van der Waals surface area contributed by atoms with Crippen molar-refractivity contribution in [3.8, 4) is 0 Å². The summed E-state index contributed by atoms with van der Waals surface area (Å²) in [6, 6.07) is 0. The normalized spacial score (nSPS) is 17.5. The Hall–Kier alpha value is -1.36. The highest BCUT2D eigenvalue weighted by Crippen LogP contribution is 2.17. The lowest BCUT2D eigenvalue weighted by atomic mass is 9.95. The highest BCUT2D eigenvalue weighted by atomic mass is 16.4. The minimum Gasteiger partial charge on any atom is -0.481 e. The first kappa shape index (κ1) is 11.1. The third kappa shape index (κ3) is 3.06. The molecule has 5 heteroatoms. The first-order valence-corrected chi connectivity index (χ1v) is 5.60. The van der Waals surface area contributed by atoms with E-state index in [4.69, 9.17) is 9.52 Å². The SMILES string of the molecule is O=C(O)Cc1coc(CC2CCNCC2)n1. The molecular formula is C11H16N2O3. The van der Waals surface area contributed by atoms with E-state index in [9.17, 15) is 4.79 Å². The van der Waals surface area contributed by atoms with Crippen LogP contribution >= 0.6 is 0 Å². The molecule has 0 aliphatic carbocycles. The van der Waals surface area contributed by atoms with Crippen LogP contribution in [0, 0.1) is 5.92 Å². The summed E-state index contributed by atoms with van der Waals surface area (Å²) in [6.07, 6.45) is 4.48. The van der Waals surface area contributed by atoms with Gasteiger partial charge in [-0.05, 0) is 31.8 Å². The van der Waals surface area contributed by atoms with Crippen molar-refractivity contribution in [3.63, 3.8) is 0 Å². The molecule has 1 aromatic rings. The summed E-state index contributed by atoms with van der Waals surface area (Å²) in [5, 5.41) is 11.9. The molecule has 5 nitrogen and oxygen atoms in total. The van der Waals surface area contributed by atoms with Gasteiger partial charge >= 0.3 is 5.97 Å². The van der Waals surface area contributed by atoms with Gasteiger partial charge in [-0.3, -0.25) is 4.79 Å². The standard InChI is InChI=1S/C11H16N2O3/c14-11(15)6-9-7-16-10(13-9)5-8-1-3-12-4-2-8/h7-8,12H,1-6H2,(H,14,15). The van der Waals surface area contributed by atoms with Crippen LogP contribution in [0.25, 0.3) is 0 Å². The van der Waals surface area contributed by atoms with E-state index in [1.807, 2.05) is 0 Å². The largest absolute Gasteiger partial charge is 0.481 e. The maximum Gasteiger partial charge on any atom is 0.309 e. The number of nitrogens with one attached hydrogen (secondary N) is 1. The third-order valence-corrected chi connectivity index (χ3v) is 2.85. The van der Waals surface area contributed by atoms with Gasteiger partial charge in [-0.2, -0.15) is 0 Å². The molecule has 2 N–H and O–H groups in total.